The lowest BCUT2D eigenvalue weighted by Crippen LogP contribution is -2.58. The lowest BCUT2D eigenvalue weighted by molar-refractivity contribution is -0.116. The summed E-state index contributed by atoms with van der Waals surface area (Å²) in [5.74, 6) is -1.23. The molecular weight excluding hydrogens is 569 g/mol. The van der Waals surface area contributed by atoms with Gasteiger partial charge in [0.25, 0.3) is 0 Å². The first kappa shape index (κ1) is 25.9. The van der Waals surface area contributed by atoms with Gasteiger partial charge >= 0.3 is 0 Å². The van der Waals surface area contributed by atoms with Crippen molar-refractivity contribution in [2.75, 3.05) is 29.9 Å². The van der Waals surface area contributed by atoms with Gasteiger partial charge in [-0.2, -0.15) is 0 Å². The lowest BCUT2D eigenvalue weighted by Gasteiger charge is -2.42. The summed E-state index contributed by atoms with van der Waals surface area (Å²) in [6.07, 6.45) is -0.219. The number of hydrogen-bond donors (Lipinski definition) is 3. The molecule has 2 atom stereocenters. The highest BCUT2D eigenvalue weighted by Crippen LogP contribution is 2.33. The van der Waals surface area contributed by atoms with Crippen LogP contribution < -0.4 is 15.0 Å². The van der Waals surface area contributed by atoms with E-state index in [0.29, 0.717) is 39.3 Å². The molecule has 10 heteroatoms. The van der Waals surface area contributed by atoms with Crippen LogP contribution in [0.1, 0.15) is 31.7 Å². The monoisotopic (exact) mass is 594 g/mol. The van der Waals surface area contributed by atoms with E-state index < -0.39 is 23.3 Å². The second kappa shape index (κ2) is 11.2. The Balaban J connectivity index is 1.66. The topological polar surface area (TPSA) is 82.0 Å². The smallest absolute Gasteiger partial charge is 0.224 e. The number of rotatable bonds is 8. The van der Waals surface area contributed by atoms with Gasteiger partial charge in [-0.05, 0) is 42.7 Å². The Morgan fingerprint density at radius 2 is 2.03 bits per heavy atom. The van der Waals surface area contributed by atoms with Crippen molar-refractivity contribution in [2.24, 2.45) is 0 Å². The standard InChI is InChI=1S/C23H26ClF2IN2O4/c1-2-3-21(31)28-19-10-15(4-5-16(19)24)33-13-23(32)6-7-29(12-20(23)30)22-17(25)8-14(11-27)9-18(22)26/h4-5,8-10,20,30,32H,2-3,6-7,11-13H2,1H3,(H,28,31)/t20-,23-/m1/s1. The molecule has 2 aromatic rings. The Morgan fingerprint density at radius 3 is 2.64 bits per heavy atom. The molecule has 1 aliphatic heterocycles. The molecule has 0 spiro atoms. The fraction of sp³-hybridized carbons (Fsp3) is 0.435. The number of halogens is 4. The Morgan fingerprint density at radius 1 is 1.33 bits per heavy atom. The maximum Gasteiger partial charge on any atom is 0.224 e. The quantitative estimate of drug-likeness (QED) is 0.306. The Kier molecular flexibility index (Phi) is 8.76. The number of aliphatic hydroxyl groups is 2. The van der Waals surface area contributed by atoms with Crippen LogP contribution in [-0.2, 0) is 9.22 Å². The van der Waals surface area contributed by atoms with Crippen molar-refractivity contribution in [1.29, 1.82) is 0 Å². The fourth-order valence-electron chi connectivity index (χ4n) is 3.67. The molecule has 1 saturated heterocycles. The van der Waals surface area contributed by atoms with Gasteiger partial charge in [0.15, 0.2) is 0 Å². The molecular formula is C23H26ClF2IN2O4. The van der Waals surface area contributed by atoms with Gasteiger partial charge in [0.05, 0.1) is 10.7 Å². The summed E-state index contributed by atoms with van der Waals surface area (Å²) in [5.41, 5.74) is -0.909. The normalized spacial score (nSPS) is 20.6. The Bertz CT molecular complexity index is 989. The fourth-order valence-corrected chi connectivity index (χ4v) is 4.28. The van der Waals surface area contributed by atoms with Crippen molar-refractivity contribution in [1.82, 2.24) is 0 Å². The maximum atomic E-state index is 14.5. The van der Waals surface area contributed by atoms with Gasteiger partial charge in [-0.3, -0.25) is 4.79 Å². The summed E-state index contributed by atoms with van der Waals surface area (Å²) >= 11 is 8.16. The molecule has 2 aromatic carbocycles. The second-order valence-electron chi connectivity index (χ2n) is 8.09. The van der Waals surface area contributed by atoms with Gasteiger partial charge in [-0.25, -0.2) is 8.78 Å². The Labute approximate surface area is 210 Å². The number of piperidine rings is 1. The minimum absolute atomic E-state index is 0.0365. The molecule has 0 unspecified atom stereocenters. The SMILES string of the molecule is CCCC(=O)Nc1cc(OC[C@]2(O)CCN(c3c(F)cc(CI)cc3F)C[C@H]2O)ccc1Cl. The van der Waals surface area contributed by atoms with E-state index in [1.807, 2.05) is 29.5 Å². The molecule has 1 aliphatic rings. The zero-order valence-electron chi connectivity index (χ0n) is 18.1. The number of ether oxygens (including phenoxy) is 1. The van der Waals surface area contributed by atoms with Gasteiger partial charge in [-0.1, -0.05) is 41.1 Å². The number of β-amino-alcohol motifs (C(OH)–C–C–N with tert-alkyl or cyclic N) is 1. The number of nitrogens with one attached hydrogen (secondary N) is 1. The van der Waals surface area contributed by atoms with Crippen LogP contribution in [0.5, 0.6) is 5.75 Å². The zero-order chi connectivity index (χ0) is 24.2. The van der Waals surface area contributed by atoms with E-state index in [1.54, 1.807) is 18.2 Å². The van der Waals surface area contributed by atoms with Gasteiger partial charge in [0.2, 0.25) is 5.91 Å². The van der Waals surface area contributed by atoms with E-state index in [-0.39, 0.29) is 37.7 Å². The molecule has 1 fully saturated rings. The average Bonchev–Trinajstić information content (AvgIpc) is 2.76. The van der Waals surface area contributed by atoms with Gasteiger partial charge < -0.3 is 25.2 Å². The van der Waals surface area contributed by atoms with Crippen molar-refractivity contribution < 1.29 is 28.5 Å². The number of alkyl halides is 1. The van der Waals surface area contributed by atoms with Crippen molar-refractivity contribution >= 4 is 51.5 Å². The first-order valence-corrected chi connectivity index (χ1v) is 12.5. The molecule has 1 amide bonds. The van der Waals surface area contributed by atoms with Crippen molar-refractivity contribution in [2.45, 2.75) is 42.3 Å². The van der Waals surface area contributed by atoms with Gasteiger partial charge in [-0.15, -0.1) is 0 Å². The number of carbonyl (C=O) groups is 1. The number of hydrogen-bond acceptors (Lipinski definition) is 5. The van der Waals surface area contributed by atoms with Crippen molar-refractivity contribution in [3.05, 3.63) is 52.6 Å². The summed E-state index contributed by atoms with van der Waals surface area (Å²) in [6.45, 7) is 1.62. The number of amides is 1. The average molecular weight is 595 g/mol. The lowest BCUT2D eigenvalue weighted by atomic mass is 9.89. The van der Waals surface area contributed by atoms with Crippen molar-refractivity contribution in [3.63, 3.8) is 0 Å². The minimum Gasteiger partial charge on any atom is -0.490 e. The molecule has 3 rings (SSSR count). The van der Waals surface area contributed by atoms with Crippen LogP contribution in [0.3, 0.4) is 0 Å². The number of aliphatic hydroxyl groups excluding tert-OH is 1. The van der Waals surface area contributed by atoms with E-state index in [2.05, 4.69) is 5.32 Å². The van der Waals surface area contributed by atoms with Crippen LogP contribution in [-0.4, -0.2) is 47.5 Å². The first-order valence-electron chi connectivity index (χ1n) is 10.6. The maximum absolute atomic E-state index is 14.5. The summed E-state index contributed by atoms with van der Waals surface area (Å²) in [6, 6.07) is 7.24. The minimum atomic E-state index is -1.61. The van der Waals surface area contributed by atoms with Crippen LogP contribution in [0.25, 0.3) is 0 Å². The van der Waals surface area contributed by atoms with E-state index >= 15 is 0 Å². The molecule has 3 N–H and O–H groups in total. The third kappa shape index (κ3) is 6.26. The van der Waals surface area contributed by atoms with Gasteiger partial charge in [0.1, 0.15) is 41.4 Å². The molecule has 0 bridgehead atoms. The molecule has 0 radical (unpaired) electrons. The summed E-state index contributed by atoms with van der Waals surface area (Å²) < 4.78 is 35.1. The van der Waals surface area contributed by atoms with Crippen LogP contribution in [0, 0.1) is 11.6 Å². The number of benzene rings is 2. The zero-order valence-corrected chi connectivity index (χ0v) is 21.0. The molecule has 33 heavy (non-hydrogen) atoms. The van der Waals surface area contributed by atoms with E-state index in [4.69, 9.17) is 16.3 Å². The number of nitrogens with zero attached hydrogens (tertiary/aromatic N) is 1. The summed E-state index contributed by atoms with van der Waals surface area (Å²) in [7, 11) is 0. The molecule has 0 aromatic heterocycles. The molecule has 0 saturated carbocycles. The molecule has 1 heterocycles. The first-order chi connectivity index (χ1) is 15.7. The molecule has 6 nitrogen and oxygen atoms in total. The number of anilines is 2. The number of carbonyl (C=O) groups excluding carboxylic acids is 1. The summed E-state index contributed by atoms with van der Waals surface area (Å²) in [4.78, 5) is 13.3. The summed E-state index contributed by atoms with van der Waals surface area (Å²) in [5, 5.41) is 24.6. The van der Waals surface area contributed by atoms with E-state index in [0.717, 1.165) is 0 Å². The highest BCUT2D eigenvalue weighted by atomic mass is 127. The van der Waals surface area contributed by atoms with E-state index in [9.17, 15) is 23.8 Å². The van der Waals surface area contributed by atoms with Crippen LogP contribution in [0.15, 0.2) is 30.3 Å². The van der Waals surface area contributed by atoms with Crippen LogP contribution in [0.4, 0.5) is 20.2 Å². The predicted molar refractivity (Wildman–Crippen MR) is 132 cm³/mol. The highest BCUT2D eigenvalue weighted by molar-refractivity contribution is 14.1. The third-order valence-electron chi connectivity index (χ3n) is 5.55. The van der Waals surface area contributed by atoms with Crippen LogP contribution in [0.2, 0.25) is 5.02 Å². The highest BCUT2D eigenvalue weighted by Gasteiger charge is 2.42. The third-order valence-corrected chi connectivity index (χ3v) is 6.76. The van der Waals surface area contributed by atoms with E-state index in [1.165, 1.54) is 17.0 Å². The van der Waals surface area contributed by atoms with Gasteiger partial charge in [0, 0.05) is 30.0 Å². The Hall–Kier alpha value is -1.69. The largest absolute Gasteiger partial charge is 0.490 e. The predicted octanol–water partition coefficient (Wildman–Crippen LogP) is 4.67. The molecule has 180 valence electrons. The van der Waals surface area contributed by atoms with Crippen LogP contribution >= 0.6 is 34.2 Å². The van der Waals surface area contributed by atoms with Crippen molar-refractivity contribution in [3.8, 4) is 5.75 Å². The molecule has 0 aliphatic carbocycles. The second-order valence-corrected chi connectivity index (χ2v) is 9.26.